The van der Waals surface area contributed by atoms with E-state index in [0.717, 1.165) is 12.0 Å². The standard InChI is InChI=1S/C20H22N2O3S/c1-22(19(23)13-8-16-6-3-2-4-7-16)14-5-15-25-18-11-9-17(10-12-18)20(26)21-24/h2-4,6-13,24H,5,14-15H2,1H3,(H,21,26). The second-order valence-electron chi connectivity index (χ2n) is 5.67. The number of hydroxylamine groups is 1. The highest BCUT2D eigenvalue weighted by molar-refractivity contribution is 7.80. The van der Waals surface area contributed by atoms with Crippen molar-refractivity contribution in [1.29, 1.82) is 0 Å². The molecule has 136 valence electrons. The normalized spacial score (nSPS) is 10.5. The van der Waals surface area contributed by atoms with Gasteiger partial charge in [0, 0.05) is 25.2 Å². The van der Waals surface area contributed by atoms with Crippen LogP contribution >= 0.6 is 12.2 Å². The van der Waals surface area contributed by atoms with Crippen LogP contribution in [0.4, 0.5) is 0 Å². The number of amides is 1. The van der Waals surface area contributed by atoms with Gasteiger partial charge in [0.15, 0.2) is 0 Å². The van der Waals surface area contributed by atoms with Crippen LogP contribution in [0.5, 0.6) is 5.75 Å². The van der Waals surface area contributed by atoms with Crippen molar-refractivity contribution in [2.75, 3.05) is 20.2 Å². The van der Waals surface area contributed by atoms with Gasteiger partial charge < -0.3 is 9.64 Å². The fraction of sp³-hybridized carbons (Fsp3) is 0.200. The monoisotopic (exact) mass is 370 g/mol. The molecule has 5 nitrogen and oxygen atoms in total. The molecule has 0 aromatic heterocycles. The van der Waals surface area contributed by atoms with E-state index >= 15 is 0 Å². The van der Waals surface area contributed by atoms with E-state index in [1.807, 2.05) is 41.9 Å². The van der Waals surface area contributed by atoms with E-state index < -0.39 is 0 Å². The van der Waals surface area contributed by atoms with E-state index in [1.54, 1.807) is 42.3 Å². The Morgan fingerprint density at radius 2 is 1.88 bits per heavy atom. The van der Waals surface area contributed by atoms with Crippen molar-refractivity contribution >= 4 is 29.2 Å². The van der Waals surface area contributed by atoms with Gasteiger partial charge in [0.25, 0.3) is 0 Å². The zero-order valence-corrected chi connectivity index (χ0v) is 15.4. The van der Waals surface area contributed by atoms with E-state index in [4.69, 9.17) is 22.2 Å². The van der Waals surface area contributed by atoms with Gasteiger partial charge in [-0.3, -0.25) is 15.5 Å². The van der Waals surface area contributed by atoms with Crippen molar-refractivity contribution in [2.24, 2.45) is 0 Å². The number of hydrogen-bond donors (Lipinski definition) is 2. The van der Waals surface area contributed by atoms with Gasteiger partial charge in [-0.25, -0.2) is 0 Å². The van der Waals surface area contributed by atoms with Crippen molar-refractivity contribution in [3.8, 4) is 5.75 Å². The Morgan fingerprint density at radius 1 is 1.19 bits per heavy atom. The van der Waals surface area contributed by atoms with Gasteiger partial charge in [-0.2, -0.15) is 0 Å². The summed E-state index contributed by atoms with van der Waals surface area (Å²) in [4.78, 5) is 14.0. The van der Waals surface area contributed by atoms with Gasteiger partial charge in [-0.1, -0.05) is 42.5 Å². The lowest BCUT2D eigenvalue weighted by atomic mass is 10.2. The third kappa shape index (κ3) is 6.31. The third-order valence-corrected chi connectivity index (χ3v) is 4.05. The number of thiocarbonyl (C=S) groups is 1. The largest absolute Gasteiger partial charge is 0.494 e. The predicted molar refractivity (Wildman–Crippen MR) is 106 cm³/mol. The molecule has 0 aliphatic rings. The minimum absolute atomic E-state index is 0.0387. The Balaban J connectivity index is 1.71. The van der Waals surface area contributed by atoms with Gasteiger partial charge in [0.1, 0.15) is 10.7 Å². The zero-order chi connectivity index (χ0) is 18.8. The first-order valence-electron chi connectivity index (χ1n) is 8.25. The molecule has 2 rings (SSSR count). The van der Waals surface area contributed by atoms with Crippen LogP contribution in [0.3, 0.4) is 0 Å². The van der Waals surface area contributed by atoms with Crippen LogP contribution in [0.25, 0.3) is 6.08 Å². The number of nitrogens with one attached hydrogen (secondary N) is 1. The fourth-order valence-corrected chi connectivity index (χ4v) is 2.36. The molecule has 0 saturated heterocycles. The lowest BCUT2D eigenvalue weighted by Gasteiger charge is -2.15. The van der Waals surface area contributed by atoms with Crippen molar-refractivity contribution < 1.29 is 14.7 Å². The first-order chi connectivity index (χ1) is 12.6. The molecule has 0 aliphatic carbocycles. The maximum atomic E-state index is 12.1. The summed E-state index contributed by atoms with van der Waals surface area (Å²) < 4.78 is 5.65. The molecular formula is C20H22N2O3S. The number of nitrogens with zero attached hydrogens (tertiary/aromatic N) is 1. The molecule has 2 aromatic rings. The molecule has 0 saturated carbocycles. The van der Waals surface area contributed by atoms with Crippen molar-refractivity contribution in [1.82, 2.24) is 10.4 Å². The second kappa shape index (κ2) is 10.3. The second-order valence-corrected chi connectivity index (χ2v) is 6.08. The number of rotatable bonds is 8. The molecule has 0 atom stereocenters. The highest BCUT2D eigenvalue weighted by Gasteiger charge is 2.05. The Hall–Kier alpha value is -2.70. The zero-order valence-electron chi connectivity index (χ0n) is 14.6. The van der Waals surface area contributed by atoms with Crippen LogP contribution in [0.15, 0.2) is 60.7 Å². The summed E-state index contributed by atoms with van der Waals surface area (Å²) >= 11 is 4.93. The summed E-state index contributed by atoms with van der Waals surface area (Å²) in [6, 6.07) is 16.8. The predicted octanol–water partition coefficient (Wildman–Crippen LogP) is 3.28. The Kier molecular flexibility index (Phi) is 7.79. The van der Waals surface area contributed by atoms with Crippen molar-refractivity contribution in [3.05, 3.63) is 71.8 Å². The molecular weight excluding hydrogens is 348 g/mol. The van der Waals surface area contributed by atoms with E-state index in [2.05, 4.69) is 0 Å². The van der Waals surface area contributed by atoms with Crippen molar-refractivity contribution in [2.45, 2.75) is 6.42 Å². The molecule has 0 aliphatic heterocycles. The van der Waals surface area contributed by atoms with Gasteiger partial charge in [-0.15, -0.1) is 0 Å². The molecule has 6 heteroatoms. The average Bonchev–Trinajstić information content (AvgIpc) is 2.69. The topological polar surface area (TPSA) is 61.8 Å². The van der Waals surface area contributed by atoms with Crippen LogP contribution in [0.2, 0.25) is 0 Å². The fourth-order valence-electron chi connectivity index (χ4n) is 2.23. The number of carbonyl (C=O) groups is 1. The lowest BCUT2D eigenvalue weighted by molar-refractivity contribution is -0.124. The van der Waals surface area contributed by atoms with E-state index in [-0.39, 0.29) is 10.9 Å². The Bertz CT molecular complexity index is 745. The number of hydrogen-bond acceptors (Lipinski definition) is 4. The first kappa shape index (κ1) is 19.6. The summed E-state index contributed by atoms with van der Waals surface area (Å²) in [6.45, 7) is 1.11. The molecule has 2 aromatic carbocycles. The van der Waals surface area contributed by atoms with E-state index in [0.29, 0.717) is 24.5 Å². The maximum absolute atomic E-state index is 12.1. The van der Waals surface area contributed by atoms with Crippen LogP contribution in [-0.4, -0.2) is 41.2 Å². The van der Waals surface area contributed by atoms with E-state index in [1.165, 1.54) is 0 Å². The summed E-state index contributed by atoms with van der Waals surface area (Å²) in [5.41, 5.74) is 3.65. The first-order valence-corrected chi connectivity index (χ1v) is 8.66. The lowest BCUT2D eigenvalue weighted by Crippen LogP contribution is -2.26. The average molecular weight is 370 g/mol. The number of likely N-dealkylation sites (N-methyl/N-ethyl adjacent to an activating group) is 1. The van der Waals surface area contributed by atoms with Crippen LogP contribution in [-0.2, 0) is 4.79 Å². The molecule has 0 heterocycles. The van der Waals surface area contributed by atoms with Gasteiger partial charge in [0.05, 0.1) is 6.61 Å². The SMILES string of the molecule is CN(CCCOc1ccc(C(=S)NO)cc1)C(=O)C=Cc1ccccc1. The molecule has 1 amide bonds. The third-order valence-electron chi connectivity index (χ3n) is 3.72. The molecule has 0 radical (unpaired) electrons. The van der Waals surface area contributed by atoms with E-state index in [9.17, 15) is 4.79 Å². The Labute approximate surface area is 158 Å². The Morgan fingerprint density at radius 3 is 2.54 bits per heavy atom. The molecule has 0 fully saturated rings. The summed E-state index contributed by atoms with van der Waals surface area (Å²) in [7, 11) is 1.77. The molecule has 0 unspecified atom stereocenters. The highest BCUT2D eigenvalue weighted by atomic mass is 32.1. The van der Waals surface area contributed by atoms with Crippen LogP contribution in [0, 0.1) is 0 Å². The minimum Gasteiger partial charge on any atom is -0.494 e. The number of benzene rings is 2. The smallest absolute Gasteiger partial charge is 0.246 e. The molecule has 2 N–H and O–H groups in total. The molecule has 0 spiro atoms. The summed E-state index contributed by atoms with van der Waals surface area (Å²) in [5.74, 6) is 0.677. The molecule has 0 bridgehead atoms. The highest BCUT2D eigenvalue weighted by Crippen LogP contribution is 2.12. The molecule has 26 heavy (non-hydrogen) atoms. The summed E-state index contributed by atoms with van der Waals surface area (Å²) in [5, 5.41) is 8.77. The van der Waals surface area contributed by atoms with Gasteiger partial charge >= 0.3 is 0 Å². The number of ether oxygens (including phenoxy) is 1. The van der Waals surface area contributed by atoms with Crippen LogP contribution in [0.1, 0.15) is 17.5 Å². The minimum atomic E-state index is -0.0387. The number of carbonyl (C=O) groups excluding carboxylic acids is 1. The van der Waals surface area contributed by atoms with Crippen molar-refractivity contribution in [3.63, 3.8) is 0 Å². The quantitative estimate of drug-likeness (QED) is 0.323. The summed E-state index contributed by atoms with van der Waals surface area (Å²) in [6.07, 6.45) is 4.11. The maximum Gasteiger partial charge on any atom is 0.246 e. The van der Waals surface area contributed by atoms with Crippen LogP contribution < -0.4 is 10.2 Å². The van der Waals surface area contributed by atoms with Gasteiger partial charge in [-0.05, 0) is 42.3 Å². The van der Waals surface area contributed by atoms with Gasteiger partial charge in [0.2, 0.25) is 5.91 Å².